The van der Waals surface area contributed by atoms with Gasteiger partial charge in [-0.3, -0.25) is 9.69 Å². The normalized spacial score (nSPS) is 18.6. The van der Waals surface area contributed by atoms with Crippen LogP contribution in [0, 0.1) is 5.92 Å². The highest BCUT2D eigenvalue weighted by atomic mass is 79.9. The molecule has 0 spiro atoms. The molecule has 0 unspecified atom stereocenters. The summed E-state index contributed by atoms with van der Waals surface area (Å²) in [7, 11) is 0. The minimum atomic E-state index is 0.0689. The van der Waals surface area contributed by atoms with E-state index in [1.807, 2.05) is 30.3 Å². The monoisotopic (exact) mass is 372 g/mol. The smallest absolute Gasteiger partial charge is 0.228 e. The zero-order chi connectivity index (χ0) is 16.1. The SMILES string of the molecule is O=C(Nc1ccccc1)[C@@H]1CCCN(Cc2ccc(Br)cc2)C1. The second-order valence-electron chi connectivity index (χ2n) is 6.06. The van der Waals surface area contributed by atoms with Crippen molar-refractivity contribution in [2.24, 2.45) is 5.92 Å². The highest BCUT2D eigenvalue weighted by Crippen LogP contribution is 2.21. The lowest BCUT2D eigenvalue weighted by Gasteiger charge is -2.32. The Morgan fingerprint density at radius 2 is 1.87 bits per heavy atom. The van der Waals surface area contributed by atoms with E-state index in [9.17, 15) is 4.79 Å². The Labute approximate surface area is 145 Å². The van der Waals surface area contributed by atoms with E-state index >= 15 is 0 Å². The molecule has 2 aromatic rings. The van der Waals surface area contributed by atoms with Crippen molar-refractivity contribution in [1.82, 2.24) is 4.90 Å². The van der Waals surface area contributed by atoms with Gasteiger partial charge in [0.25, 0.3) is 0 Å². The van der Waals surface area contributed by atoms with Crippen LogP contribution in [0.5, 0.6) is 0 Å². The Balaban J connectivity index is 1.57. The maximum Gasteiger partial charge on any atom is 0.228 e. The molecule has 0 bridgehead atoms. The average Bonchev–Trinajstić information content (AvgIpc) is 2.58. The van der Waals surface area contributed by atoms with E-state index in [4.69, 9.17) is 0 Å². The second kappa shape index (κ2) is 7.75. The second-order valence-corrected chi connectivity index (χ2v) is 6.97. The summed E-state index contributed by atoms with van der Waals surface area (Å²) in [5.74, 6) is 0.205. The van der Waals surface area contributed by atoms with Gasteiger partial charge in [0.2, 0.25) is 5.91 Å². The van der Waals surface area contributed by atoms with Crippen LogP contribution in [0.15, 0.2) is 59.1 Å². The lowest BCUT2D eigenvalue weighted by atomic mass is 9.96. The number of piperidine rings is 1. The topological polar surface area (TPSA) is 32.3 Å². The van der Waals surface area contributed by atoms with Crippen LogP contribution >= 0.6 is 15.9 Å². The fraction of sp³-hybridized carbons (Fsp3) is 0.316. The van der Waals surface area contributed by atoms with E-state index in [1.54, 1.807) is 0 Å². The summed E-state index contributed by atoms with van der Waals surface area (Å²) in [5, 5.41) is 3.03. The Morgan fingerprint density at radius 1 is 1.13 bits per heavy atom. The quantitative estimate of drug-likeness (QED) is 0.867. The van der Waals surface area contributed by atoms with Gasteiger partial charge in [0.1, 0.15) is 0 Å². The molecule has 3 rings (SSSR count). The lowest BCUT2D eigenvalue weighted by Crippen LogP contribution is -2.40. The van der Waals surface area contributed by atoms with Gasteiger partial charge in [-0.25, -0.2) is 0 Å². The Bertz CT molecular complexity index is 642. The van der Waals surface area contributed by atoms with Crippen LogP contribution in [0.2, 0.25) is 0 Å². The molecule has 23 heavy (non-hydrogen) atoms. The van der Waals surface area contributed by atoms with Gasteiger partial charge < -0.3 is 5.32 Å². The molecule has 2 aromatic carbocycles. The van der Waals surface area contributed by atoms with Crippen LogP contribution in [0.3, 0.4) is 0 Å². The zero-order valence-corrected chi connectivity index (χ0v) is 14.6. The number of benzene rings is 2. The molecule has 1 fully saturated rings. The summed E-state index contributed by atoms with van der Waals surface area (Å²) >= 11 is 3.46. The van der Waals surface area contributed by atoms with Crippen molar-refractivity contribution in [3.8, 4) is 0 Å². The van der Waals surface area contributed by atoms with Crippen molar-refractivity contribution >= 4 is 27.5 Å². The fourth-order valence-corrected chi connectivity index (χ4v) is 3.29. The number of anilines is 1. The molecule has 0 aromatic heterocycles. The predicted molar refractivity (Wildman–Crippen MR) is 97.2 cm³/mol. The van der Waals surface area contributed by atoms with Crippen LogP contribution in [0.4, 0.5) is 5.69 Å². The fourth-order valence-electron chi connectivity index (χ4n) is 3.03. The largest absolute Gasteiger partial charge is 0.326 e. The number of likely N-dealkylation sites (tertiary alicyclic amines) is 1. The number of amides is 1. The molecule has 0 aliphatic carbocycles. The third kappa shape index (κ3) is 4.66. The van der Waals surface area contributed by atoms with E-state index in [1.165, 1.54) is 5.56 Å². The van der Waals surface area contributed by atoms with Gasteiger partial charge in [-0.2, -0.15) is 0 Å². The van der Waals surface area contributed by atoms with Crippen LogP contribution in [0.1, 0.15) is 18.4 Å². The van der Waals surface area contributed by atoms with E-state index in [0.29, 0.717) is 0 Å². The highest BCUT2D eigenvalue weighted by Gasteiger charge is 2.25. The molecular formula is C19H21BrN2O. The summed E-state index contributed by atoms with van der Waals surface area (Å²) in [4.78, 5) is 14.8. The Kier molecular flexibility index (Phi) is 5.47. The van der Waals surface area contributed by atoms with E-state index < -0.39 is 0 Å². The molecule has 120 valence electrons. The third-order valence-corrected chi connectivity index (χ3v) is 4.77. The first kappa shape index (κ1) is 16.2. The number of para-hydroxylation sites is 1. The highest BCUT2D eigenvalue weighted by molar-refractivity contribution is 9.10. The number of carbonyl (C=O) groups is 1. The maximum absolute atomic E-state index is 12.5. The molecule has 1 amide bonds. The number of carbonyl (C=O) groups excluding carboxylic acids is 1. The minimum Gasteiger partial charge on any atom is -0.326 e. The van der Waals surface area contributed by atoms with Crippen molar-refractivity contribution in [3.63, 3.8) is 0 Å². The van der Waals surface area contributed by atoms with Gasteiger partial charge >= 0.3 is 0 Å². The molecule has 3 nitrogen and oxygen atoms in total. The van der Waals surface area contributed by atoms with Gasteiger partial charge in [-0.1, -0.05) is 46.3 Å². The van der Waals surface area contributed by atoms with Gasteiger partial charge in [-0.15, -0.1) is 0 Å². The number of rotatable bonds is 4. The van der Waals surface area contributed by atoms with Gasteiger partial charge in [0.15, 0.2) is 0 Å². The van der Waals surface area contributed by atoms with Crippen LogP contribution in [-0.4, -0.2) is 23.9 Å². The third-order valence-electron chi connectivity index (χ3n) is 4.24. The summed E-state index contributed by atoms with van der Waals surface area (Å²) in [6, 6.07) is 18.1. The lowest BCUT2D eigenvalue weighted by molar-refractivity contribution is -0.121. The molecule has 0 saturated carbocycles. The molecule has 1 N–H and O–H groups in total. The number of nitrogens with zero attached hydrogens (tertiary/aromatic N) is 1. The van der Waals surface area contributed by atoms with E-state index in [2.05, 4.69) is 50.4 Å². The molecule has 1 saturated heterocycles. The molecule has 1 aliphatic rings. The summed E-state index contributed by atoms with van der Waals surface area (Å²) < 4.78 is 1.10. The first-order chi connectivity index (χ1) is 11.2. The Hall–Kier alpha value is -1.65. The molecule has 1 heterocycles. The number of hydrogen-bond acceptors (Lipinski definition) is 2. The standard InChI is InChI=1S/C19H21BrN2O/c20-17-10-8-15(9-11-17)13-22-12-4-5-16(14-22)19(23)21-18-6-2-1-3-7-18/h1-3,6-11,16H,4-5,12-14H2,(H,21,23)/t16-/m1/s1. The Morgan fingerprint density at radius 3 is 2.61 bits per heavy atom. The molecule has 4 heteroatoms. The molecular weight excluding hydrogens is 352 g/mol. The van der Waals surface area contributed by atoms with Gasteiger partial charge in [-0.05, 0) is 49.2 Å². The first-order valence-electron chi connectivity index (χ1n) is 8.03. The van der Waals surface area contributed by atoms with Crippen molar-refractivity contribution < 1.29 is 4.79 Å². The van der Waals surface area contributed by atoms with Crippen molar-refractivity contribution in [2.75, 3.05) is 18.4 Å². The van der Waals surface area contributed by atoms with Crippen LogP contribution < -0.4 is 5.32 Å². The molecule has 1 aliphatic heterocycles. The number of hydrogen-bond donors (Lipinski definition) is 1. The van der Waals surface area contributed by atoms with E-state index in [0.717, 1.165) is 42.6 Å². The predicted octanol–water partition coefficient (Wildman–Crippen LogP) is 4.30. The van der Waals surface area contributed by atoms with Gasteiger partial charge in [0.05, 0.1) is 5.92 Å². The summed E-state index contributed by atoms with van der Waals surface area (Å²) in [6.07, 6.45) is 2.04. The number of halogens is 1. The summed E-state index contributed by atoms with van der Waals surface area (Å²) in [6.45, 7) is 2.79. The van der Waals surface area contributed by atoms with Crippen molar-refractivity contribution in [3.05, 3.63) is 64.6 Å². The molecule has 1 atom stereocenters. The van der Waals surface area contributed by atoms with Crippen molar-refractivity contribution in [1.29, 1.82) is 0 Å². The van der Waals surface area contributed by atoms with Gasteiger partial charge in [0, 0.05) is 23.2 Å². The maximum atomic E-state index is 12.5. The summed E-state index contributed by atoms with van der Waals surface area (Å²) in [5.41, 5.74) is 2.17. The zero-order valence-electron chi connectivity index (χ0n) is 13.0. The minimum absolute atomic E-state index is 0.0689. The number of nitrogens with one attached hydrogen (secondary N) is 1. The van der Waals surface area contributed by atoms with E-state index in [-0.39, 0.29) is 11.8 Å². The molecule has 0 radical (unpaired) electrons. The first-order valence-corrected chi connectivity index (χ1v) is 8.83. The van der Waals surface area contributed by atoms with Crippen LogP contribution in [-0.2, 0) is 11.3 Å². The van der Waals surface area contributed by atoms with Crippen LogP contribution in [0.25, 0.3) is 0 Å². The average molecular weight is 373 g/mol. The van der Waals surface area contributed by atoms with Crippen molar-refractivity contribution in [2.45, 2.75) is 19.4 Å².